The van der Waals surface area contributed by atoms with Crippen LogP contribution in [0.15, 0.2) is 24.4 Å². The highest BCUT2D eigenvalue weighted by molar-refractivity contribution is 5.99. The average Bonchev–Trinajstić information content (AvgIpc) is 3.18. The van der Waals surface area contributed by atoms with Gasteiger partial charge < -0.3 is 19.6 Å². The second-order valence-corrected chi connectivity index (χ2v) is 6.70. The summed E-state index contributed by atoms with van der Waals surface area (Å²) in [5.41, 5.74) is 5.10. The Bertz CT molecular complexity index is 940. The van der Waals surface area contributed by atoms with Gasteiger partial charge in [0, 0.05) is 40.6 Å². The number of morpholine rings is 1. The molecule has 1 aliphatic heterocycles. The molecule has 0 saturated carbocycles. The Morgan fingerprint density at radius 3 is 2.88 bits per heavy atom. The number of imidazole rings is 1. The van der Waals surface area contributed by atoms with E-state index >= 15 is 0 Å². The van der Waals surface area contributed by atoms with Crippen LogP contribution < -0.4 is 0 Å². The quantitative estimate of drug-likeness (QED) is 0.754. The van der Waals surface area contributed by atoms with Crippen molar-refractivity contribution in [2.24, 2.45) is 0 Å². The van der Waals surface area contributed by atoms with Crippen LogP contribution in [0.3, 0.4) is 0 Å². The number of carbonyl (C=O) groups is 1. The number of amides is 1. The number of aromatic nitrogens is 3. The predicted octanol–water partition coefficient (Wildman–Crippen LogP) is 3.03. The summed E-state index contributed by atoms with van der Waals surface area (Å²) in [5, 5.41) is 1.11. The first-order chi connectivity index (χ1) is 12.0. The molecule has 1 amide bonds. The molecule has 1 unspecified atom stereocenters. The summed E-state index contributed by atoms with van der Waals surface area (Å²) in [6.07, 6.45) is 1.58. The van der Waals surface area contributed by atoms with Crippen molar-refractivity contribution >= 4 is 16.8 Å². The highest BCUT2D eigenvalue weighted by Gasteiger charge is 2.28. The molecule has 1 fully saturated rings. The first kappa shape index (κ1) is 15.9. The maximum absolute atomic E-state index is 13.0. The number of rotatable bonds is 2. The van der Waals surface area contributed by atoms with E-state index < -0.39 is 0 Å². The van der Waals surface area contributed by atoms with Gasteiger partial charge in [-0.3, -0.25) is 4.79 Å². The molecular weight excluding hydrogens is 316 g/mol. The molecule has 25 heavy (non-hydrogen) atoms. The van der Waals surface area contributed by atoms with E-state index in [1.807, 2.05) is 30.0 Å². The lowest BCUT2D eigenvalue weighted by molar-refractivity contribution is -0.0264. The SMILES string of the molecule is Cc1cnc(C2CN(C(=O)c3ccc4[nH]c(C)c(C)c4c3)CCO2)[nH]1. The molecule has 0 spiro atoms. The van der Waals surface area contributed by atoms with Crippen molar-refractivity contribution in [2.45, 2.75) is 26.9 Å². The lowest BCUT2D eigenvalue weighted by Crippen LogP contribution is -2.42. The topological polar surface area (TPSA) is 74.0 Å². The van der Waals surface area contributed by atoms with Crippen LogP contribution in [-0.2, 0) is 4.74 Å². The molecule has 0 radical (unpaired) electrons. The van der Waals surface area contributed by atoms with Crippen molar-refractivity contribution in [2.75, 3.05) is 19.7 Å². The van der Waals surface area contributed by atoms with Crippen LogP contribution in [0.5, 0.6) is 0 Å². The molecule has 2 N–H and O–H groups in total. The van der Waals surface area contributed by atoms with Crippen LogP contribution in [0.1, 0.15) is 39.2 Å². The number of hydrogen-bond acceptors (Lipinski definition) is 3. The number of nitrogens with zero attached hydrogens (tertiary/aromatic N) is 2. The van der Waals surface area contributed by atoms with Gasteiger partial charge in [0.15, 0.2) is 0 Å². The summed E-state index contributed by atoms with van der Waals surface area (Å²) in [6, 6.07) is 5.86. The van der Waals surface area contributed by atoms with Crippen LogP contribution in [0, 0.1) is 20.8 Å². The predicted molar refractivity (Wildman–Crippen MR) is 95.7 cm³/mol. The monoisotopic (exact) mass is 338 g/mol. The molecule has 4 rings (SSSR count). The van der Waals surface area contributed by atoms with Crippen molar-refractivity contribution in [1.29, 1.82) is 0 Å². The first-order valence-electron chi connectivity index (χ1n) is 8.54. The van der Waals surface area contributed by atoms with Crippen LogP contribution in [-0.4, -0.2) is 45.5 Å². The zero-order valence-corrected chi connectivity index (χ0v) is 14.7. The minimum absolute atomic E-state index is 0.0386. The molecule has 6 nitrogen and oxygen atoms in total. The lowest BCUT2D eigenvalue weighted by Gasteiger charge is -2.32. The van der Waals surface area contributed by atoms with E-state index in [-0.39, 0.29) is 12.0 Å². The maximum Gasteiger partial charge on any atom is 0.254 e. The first-order valence-corrected chi connectivity index (χ1v) is 8.54. The lowest BCUT2D eigenvalue weighted by atomic mass is 10.1. The van der Waals surface area contributed by atoms with Crippen LogP contribution >= 0.6 is 0 Å². The standard InChI is InChI=1S/C19H22N4O2/c1-11-9-20-18(21-11)17-10-23(6-7-25-17)19(24)14-4-5-16-15(8-14)12(2)13(3)22-16/h4-5,8-9,17,22H,6-7,10H2,1-3H3,(H,20,21). The highest BCUT2D eigenvalue weighted by atomic mass is 16.5. The van der Waals surface area contributed by atoms with Crippen molar-refractivity contribution in [1.82, 2.24) is 19.9 Å². The highest BCUT2D eigenvalue weighted by Crippen LogP contribution is 2.25. The van der Waals surface area contributed by atoms with E-state index in [1.165, 1.54) is 5.56 Å². The fraction of sp³-hybridized carbons (Fsp3) is 0.368. The fourth-order valence-corrected chi connectivity index (χ4v) is 3.37. The number of nitrogens with one attached hydrogen (secondary N) is 2. The van der Waals surface area contributed by atoms with Gasteiger partial charge in [-0.05, 0) is 44.5 Å². The number of carbonyl (C=O) groups excluding carboxylic acids is 1. The van der Waals surface area contributed by atoms with Gasteiger partial charge in [0.25, 0.3) is 5.91 Å². The van der Waals surface area contributed by atoms with Crippen LogP contribution in [0.4, 0.5) is 0 Å². The third kappa shape index (κ3) is 2.82. The smallest absolute Gasteiger partial charge is 0.254 e. The molecule has 1 saturated heterocycles. The summed E-state index contributed by atoms with van der Waals surface area (Å²) in [5.74, 6) is 0.819. The Labute approximate surface area is 146 Å². The van der Waals surface area contributed by atoms with E-state index in [0.29, 0.717) is 25.3 Å². The Hall–Kier alpha value is -2.60. The summed E-state index contributed by atoms with van der Waals surface area (Å²) < 4.78 is 5.79. The fourth-order valence-electron chi connectivity index (χ4n) is 3.37. The zero-order chi connectivity index (χ0) is 17.6. The molecule has 0 aliphatic carbocycles. The van der Waals surface area contributed by atoms with Crippen LogP contribution in [0.2, 0.25) is 0 Å². The Balaban J connectivity index is 1.58. The molecule has 3 aromatic rings. The van der Waals surface area contributed by atoms with E-state index in [4.69, 9.17) is 4.74 Å². The molecule has 1 aliphatic rings. The average molecular weight is 338 g/mol. The molecular formula is C19H22N4O2. The minimum Gasteiger partial charge on any atom is -0.367 e. The van der Waals surface area contributed by atoms with Crippen molar-refractivity contribution in [3.8, 4) is 0 Å². The van der Waals surface area contributed by atoms with Gasteiger partial charge in [-0.1, -0.05) is 0 Å². The molecule has 3 heterocycles. The summed E-state index contributed by atoms with van der Waals surface area (Å²) in [4.78, 5) is 25.7. The van der Waals surface area contributed by atoms with Gasteiger partial charge in [-0.25, -0.2) is 4.98 Å². The Morgan fingerprint density at radius 2 is 2.12 bits per heavy atom. The zero-order valence-electron chi connectivity index (χ0n) is 14.7. The largest absolute Gasteiger partial charge is 0.367 e. The second kappa shape index (κ2) is 6.04. The summed E-state index contributed by atoms with van der Waals surface area (Å²) in [6.45, 7) is 7.70. The number of aromatic amines is 2. The van der Waals surface area contributed by atoms with E-state index in [0.717, 1.165) is 28.1 Å². The van der Waals surface area contributed by atoms with Gasteiger partial charge in [-0.15, -0.1) is 0 Å². The Morgan fingerprint density at radius 1 is 1.28 bits per heavy atom. The van der Waals surface area contributed by atoms with Gasteiger partial charge in [0.05, 0.1) is 13.2 Å². The molecule has 1 atom stereocenters. The number of benzene rings is 1. The molecule has 130 valence electrons. The maximum atomic E-state index is 13.0. The number of fused-ring (bicyclic) bond motifs is 1. The third-order valence-electron chi connectivity index (χ3n) is 4.94. The number of ether oxygens (including phenoxy) is 1. The second-order valence-electron chi connectivity index (χ2n) is 6.70. The molecule has 6 heteroatoms. The van der Waals surface area contributed by atoms with E-state index in [2.05, 4.69) is 28.8 Å². The molecule has 2 aromatic heterocycles. The molecule has 0 bridgehead atoms. The number of H-pyrrole nitrogens is 2. The number of hydrogen-bond donors (Lipinski definition) is 2. The summed E-state index contributed by atoms with van der Waals surface area (Å²) >= 11 is 0. The van der Waals surface area contributed by atoms with Crippen molar-refractivity contribution < 1.29 is 9.53 Å². The van der Waals surface area contributed by atoms with Gasteiger partial charge in [0.1, 0.15) is 11.9 Å². The van der Waals surface area contributed by atoms with Crippen molar-refractivity contribution in [3.63, 3.8) is 0 Å². The van der Waals surface area contributed by atoms with Gasteiger partial charge in [0.2, 0.25) is 0 Å². The van der Waals surface area contributed by atoms with Crippen molar-refractivity contribution in [3.05, 3.63) is 52.7 Å². The number of aryl methyl sites for hydroxylation is 3. The minimum atomic E-state index is -0.202. The Kier molecular flexibility index (Phi) is 3.84. The summed E-state index contributed by atoms with van der Waals surface area (Å²) in [7, 11) is 0. The molecule has 1 aromatic carbocycles. The normalized spacial score (nSPS) is 18.0. The van der Waals surface area contributed by atoms with Crippen LogP contribution in [0.25, 0.3) is 10.9 Å². The van der Waals surface area contributed by atoms with Gasteiger partial charge >= 0.3 is 0 Å². The van der Waals surface area contributed by atoms with Gasteiger partial charge in [-0.2, -0.15) is 0 Å². The van der Waals surface area contributed by atoms with E-state index in [1.54, 1.807) is 6.20 Å². The van der Waals surface area contributed by atoms with E-state index in [9.17, 15) is 4.79 Å². The third-order valence-corrected chi connectivity index (χ3v) is 4.94.